The normalized spacial score (nSPS) is 28.2. The lowest BCUT2D eigenvalue weighted by Gasteiger charge is -2.10. The van der Waals surface area contributed by atoms with E-state index >= 15 is 0 Å². The molecule has 1 nitrogen and oxygen atoms in total. The molecule has 1 aliphatic rings. The Morgan fingerprint density at radius 3 is 2.69 bits per heavy atom. The SMILES string of the molecule is CCCCCNCC1CCC(C)C1. The van der Waals surface area contributed by atoms with E-state index in [0.717, 1.165) is 11.8 Å². The van der Waals surface area contributed by atoms with E-state index in [2.05, 4.69) is 19.2 Å². The highest BCUT2D eigenvalue weighted by molar-refractivity contribution is 4.74. The van der Waals surface area contributed by atoms with Crippen LogP contribution in [0.2, 0.25) is 0 Å². The number of rotatable bonds is 6. The van der Waals surface area contributed by atoms with Crippen molar-refractivity contribution in [1.29, 1.82) is 0 Å². The van der Waals surface area contributed by atoms with Crippen LogP contribution < -0.4 is 5.32 Å². The van der Waals surface area contributed by atoms with Gasteiger partial charge in [0, 0.05) is 0 Å². The second-order valence-corrected chi connectivity index (χ2v) is 4.70. The van der Waals surface area contributed by atoms with Crippen LogP contribution in [0.5, 0.6) is 0 Å². The number of nitrogens with one attached hydrogen (secondary N) is 1. The van der Waals surface area contributed by atoms with E-state index in [4.69, 9.17) is 0 Å². The average molecular weight is 183 g/mol. The van der Waals surface area contributed by atoms with Gasteiger partial charge >= 0.3 is 0 Å². The van der Waals surface area contributed by atoms with Gasteiger partial charge in [0.15, 0.2) is 0 Å². The maximum atomic E-state index is 3.58. The van der Waals surface area contributed by atoms with Crippen molar-refractivity contribution in [3.63, 3.8) is 0 Å². The fourth-order valence-corrected chi connectivity index (χ4v) is 2.32. The zero-order valence-electron chi connectivity index (χ0n) is 9.31. The summed E-state index contributed by atoms with van der Waals surface area (Å²) in [7, 11) is 0. The van der Waals surface area contributed by atoms with Gasteiger partial charge in [0.1, 0.15) is 0 Å². The Hall–Kier alpha value is -0.0400. The van der Waals surface area contributed by atoms with Crippen LogP contribution in [0.1, 0.15) is 52.4 Å². The van der Waals surface area contributed by atoms with E-state index in [1.54, 1.807) is 0 Å². The lowest BCUT2D eigenvalue weighted by Crippen LogP contribution is -2.22. The van der Waals surface area contributed by atoms with Gasteiger partial charge in [0.05, 0.1) is 0 Å². The van der Waals surface area contributed by atoms with E-state index in [1.165, 1.54) is 51.6 Å². The van der Waals surface area contributed by atoms with Gasteiger partial charge in [-0.25, -0.2) is 0 Å². The molecule has 78 valence electrons. The maximum Gasteiger partial charge on any atom is -0.00204 e. The fourth-order valence-electron chi connectivity index (χ4n) is 2.32. The molecule has 0 aromatic carbocycles. The lowest BCUT2D eigenvalue weighted by atomic mass is 10.1. The second-order valence-electron chi connectivity index (χ2n) is 4.70. The van der Waals surface area contributed by atoms with Crippen molar-refractivity contribution < 1.29 is 0 Å². The average Bonchev–Trinajstić information content (AvgIpc) is 2.51. The van der Waals surface area contributed by atoms with Crippen LogP contribution in [0.3, 0.4) is 0 Å². The highest BCUT2D eigenvalue weighted by Crippen LogP contribution is 2.29. The van der Waals surface area contributed by atoms with Crippen LogP contribution in [-0.4, -0.2) is 13.1 Å². The minimum absolute atomic E-state index is 0.983. The molecular formula is C12H25N. The summed E-state index contributed by atoms with van der Waals surface area (Å²) in [4.78, 5) is 0. The van der Waals surface area contributed by atoms with E-state index < -0.39 is 0 Å². The molecule has 0 saturated heterocycles. The Morgan fingerprint density at radius 1 is 1.23 bits per heavy atom. The van der Waals surface area contributed by atoms with Crippen molar-refractivity contribution in [3.8, 4) is 0 Å². The zero-order chi connectivity index (χ0) is 9.52. The highest BCUT2D eigenvalue weighted by Gasteiger charge is 2.20. The topological polar surface area (TPSA) is 12.0 Å². The molecular weight excluding hydrogens is 158 g/mol. The summed E-state index contributed by atoms with van der Waals surface area (Å²) in [6.07, 6.45) is 8.46. The molecule has 0 aromatic rings. The molecule has 2 atom stereocenters. The maximum absolute atomic E-state index is 3.58. The molecule has 0 amide bonds. The third kappa shape index (κ3) is 4.66. The standard InChI is InChI=1S/C12H25N/c1-3-4-5-8-13-10-12-7-6-11(2)9-12/h11-13H,3-10H2,1-2H3. The molecule has 0 aromatic heterocycles. The van der Waals surface area contributed by atoms with Gasteiger partial charge in [-0.05, 0) is 44.2 Å². The van der Waals surface area contributed by atoms with Crippen LogP contribution in [0, 0.1) is 11.8 Å². The summed E-state index contributed by atoms with van der Waals surface area (Å²) in [6.45, 7) is 7.16. The zero-order valence-corrected chi connectivity index (χ0v) is 9.31. The van der Waals surface area contributed by atoms with Gasteiger partial charge in [-0.2, -0.15) is 0 Å². The minimum atomic E-state index is 0.983. The van der Waals surface area contributed by atoms with Crippen LogP contribution in [-0.2, 0) is 0 Å². The fraction of sp³-hybridized carbons (Fsp3) is 1.00. The van der Waals surface area contributed by atoms with Crippen LogP contribution >= 0.6 is 0 Å². The predicted octanol–water partition coefficient (Wildman–Crippen LogP) is 3.20. The molecule has 1 aliphatic carbocycles. The predicted molar refractivity (Wildman–Crippen MR) is 58.9 cm³/mol. The molecule has 1 fully saturated rings. The van der Waals surface area contributed by atoms with Gasteiger partial charge < -0.3 is 5.32 Å². The molecule has 0 bridgehead atoms. The molecule has 1 heteroatoms. The molecule has 0 aliphatic heterocycles. The largest absolute Gasteiger partial charge is 0.316 e. The Morgan fingerprint density at radius 2 is 2.08 bits per heavy atom. The first kappa shape index (κ1) is 11.0. The van der Waals surface area contributed by atoms with Crippen LogP contribution in [0.25, 0.3) is 0 Å². The smallest absolute Gasteiger partial charge is 0.00204 e. The van der Waals surface area contributed by atoms with Crippen molar-refractivity contribution in [3.05, 3.63) is 0 Å². The minimum Gasteiger partial charge on any atom is -0.316 e. The van der Waals surface area contributed by atoms with Gasteiger partial charge in [-0.15, -0.1) is 0 Å². The Labute approximate surface area is 83.3 Å². The molecule has 1 N–H and O–H groups in total. The Kier molecular flexibility index (Phi) is 5.45. The monoisotopic (exact) mass is 183 g/mol. The molecule has 0 radical (unpaired) electrons. The van der Waals surface area contributed by atoms with Crippen molar-refractivity contribution in [2.75, 3.05) is 13.1 Å². The molecule has 1 saturated carbocycles. The summed E-state index contributed by atoms with van der Waals surface area (Å²) in [5, 5.41) is 3.58. The quantitative estimate of drug-likeness (QED) is 0.624. The molecule has 13 heavy (non-hydrogen) atoms. The van der Waals surface area contributed by atoms with E-state index in [1.807, 2.05) is 0 Å². The van der Waals surface area contributed by atoms with Crippen molar-refractivity contribution in [2.24, 2.45) is 11.8 Å². The summed E-state index contributed by atoms with van der Waals surface area (Å²) < 4.78 is 0. The van der Waals surface area contributed by atoms with Gasteiger partial charge in [-0.3, -0.25) is 0 Å². The van der Waals surface area contributed by atoms with Crippen molar-refractivity contribution in [2.45, 2.75) is 52.4 Å². The first-order valence-corrected chi connectivity index (χ1v) is 6.03. The lowest BCUT2D eigenvalue weighted by molar-refractivity contribution is 0.465. The second kappa shape index (κ2) is 6.42. The van der Waals surface area contributed by atoms with Crippen molar-refractivity contribution >= 4 is 0 Å². The molecule has 0 spiro atoms. The van der Waals surface area contributed by atoms with Gasteiger partial charge in [-0.1, -0.05) is 33.1 Å². The molecule has 0 heterocycles. The highest BCUT2D eigenvalue weighted by atomic mass is 14.9. The van der Waals surface area contributed by atoms with Crippen LogP contribution in [0.4, 0.5) is 0 Å². The van der Waals surface area contributed by atoms with Crippen molar-refractivity contribution in [1.82, 2.24) is 5.32 Å². The third-order valence-corrected chi connectivity index (χ3v) is 3.19. The number of hydrogen-bond donors (Lipinski definition) is 1. The Balaban J connectivity index is 1.88. The van der Waals surface area contributed by atoms with E-state index in [0.29, 0.717) is 0 Å². The number of hydrogen-bond acceptors (Lipinski definition) is 1. The first-order valence-electron chi connectivity index (χ1n) is 6.03. The summed E-state index contributed by atoms with van der Waals surface area (Å²) in [6, 6.07) is 0. The Bertz CT molecular complexity index is 122. The summed E-state index contributed by atoms with van der Waals surface area (Å²) >= 11 is 0. The molecule has 1 rings (SSSR count). The summed E-state index contributed by atoms with van der Waals surface area (Å²) in [5.74, 6) is 1.97. The first-order chi connectivity index (χ1) is 6.33. The molecule has 2 unspecified atom stereocenters. The van der Waals surface area contributed by atoms with Crippen LogP contribution in [0.15, 0.2) is 0 Å². The summed E-state index contributed by atoms with van der Waals surface area (Å²) in [5.41, 5.74) is 0. The third-order valence-electron chi connectivity index (χ3n) is 3.19. The van der Waals surface area contributed by atoms with Gasteiger partial charge in [0.2, 0.25) is 0 Å². The number of unbranched alkanes of at least 4 members (excludes halogenated alkanes) is 2. The van der Waals surface area contributed by atoms with E-state index in [9.17, 15) is 0 Å². The van der Waals surface area contributed by atoms with E-state index in [-0.39, 0.29) is 0 Å². The van der Waals surface area contributed by atoms with Gasteiger partial charge in [0.25, 0.3) is 0 Å².